The molecule has 3 aliphatic rings. The van der Waals surface area contributed by atoms with E-state index < -0.39 is 5.92 Å². The van der Waals surface area contributed by atoms with Crippen LogP contribution < -0.4 is 4.74 Å². The molecule has 2 aromatic rings. The van der Waals surface area contributed by atoms with Crippen molar-refractivity contribution < 1.29 is 19.1 Å². The first-order valence-corrected chi connectivity index (χ1v) is 16.0. The second-order valence-electron chi connectivity index (χ2n) is 13.2. The largest absolute Gasteiger partial charge is 0.489 e. The standard InChI is InChI=1S/C34H38BrCl2NO4/c1-33(2)15-25-31(27(39)17-33)30(32-26(38(25)11-6-12-41-5)16-34(3,4)18-28(32)40)23-13-21(35)8-10-29(23)42-19-20-7-9-22(36)14-24(20)37/h7-10,13-14,30H,6,11-12,15-19H2,1-5H3. The summed E-state index contributed by atoms with van der Waals surface area (Å²) in [4.78, 5) is 30.6. The Hall–Kier alpha value is -2.12. The number of ketones is 2. The van der Waals surface area contributed by atoms with Crippen molar-refractivity contribution in [1.29, 1.82) is 0 Å². The van der Waals surface area contributed by atoms with Gasteiger partial charge in [-0.25, -0.2) is 0 Å². The van der Waals surface area contributed by atoms with Crippen LogP contribution in [0.4, 0.5) is 0 Å². The van der Waals surface area contributed by atoms with Crippen molar-refractivity contribution in [3.63, 3.8) is 0 Å². The fourth-order valence-corrected chi connectivity index (χ4v) is 7.51. The van der Waals surface area contributed by atoms with E-state index in [2.05, 4.69) is 48.5 Å². The van der Waals surface area contributed by atoms with Gasteiger partial charge in [-0.15, -0.1) is 0 Å². The second-order valence-corrected chi connectivity index (χ2v) is 15.0. The highest BCUT2D eigenvalue weighted by atomic mass is 79.9. The summed E-state index contributed by atoms with van der Waals surface area (Å²) in [5, 5.41) is 1.08. The zero-order valence-electron chi connectivity index (χ0n) is 24.9. The van der Waals surface area contributed by atoms with Crippen LogP contribution in [0, 0.1) is 10.8 Å². The van der Waals surface area contributed by atoms with Crippen LogP contribution >= 0.6 is 39.1 Å². The smallest absolute Gasteiger partial charge is 0.162 e. The molecule has 2 aliphatic carbocycles. The van der Waals surface area contributed by atoms with Crippen LogP contribution in [0.2, 0.25) is 10.0 Å². The van der Waals surface area contributed by atoms with E-state index in [1.165, 1.54) is 0 Å². The molecular weight excluding hydrogens is 637 g/mol. The van der Waals surface area contributed by atoms with Crippen LogP contribution in [-0.4, -0.2) is 36.7 Å². The van der Waals surface area contributed by atoms with Crippen LogP contribution in [0.25, 0.3) is 0 Å². The number of hydrogen-bond donors (Lipinski definition) is 0. The number of nitrogens with zero attached hydrogens (tertiary/aromatic N) is 1. The van der Waals surface area contributed by atoms with Crippen molar-refractivity contribution in [2.24, 2.45) is 10.8 Å². The molecule has 0 unspecified atom stereocenters. The maximum absolute atomic E-state index is 14.1. The molecule has 5 nitrogen and oxygen atoms in total. The highest BCUT2D eigenvalue weighted by molar-refractivity contribution is 9.10. The summed E-state index contributed by atoms with van der Waals surface area (Å²) in [6, 6.07) is 11.2. The van der Waals surface area contributed by atoms with Gasteiger partial charge < -0.3 is 14.4 Å². The molecule has 0 N–H and O–H groups in total. The van der Waals surface area contributed by atoms with Gasteiger partial charge in [-0.05, 0) is 60.4 Å². The highest BCUT2D eigenvalue weighted by Gasteiger charge is 2.49. The third-order valence-corrected chi connectivity index (χ3v) is 9.51. The molecule has 5 rings (SSSR count). The lowest BCUT2D eigenvalue weighted by atomic mass is 9.63. The van der Waals surface area contributed by atoms with Gasteiger partial charge in [0.1, 0.15) is 12.4 Å². The maximum atomic E-state index is 14.1. The van der Waals surface area contributed by atoms with Crippen LogP contribution in [0.15, 0.2) is 63.4 Å². The minimum Gasteiger partial charge on any atom is -0.489 e. The molecule has 0 atom stereocenters. The Morgan fingerprint density at radius 1 is 0.905 bits per heavy atom. The lowest BCUT2D eigenvalue weighted by Gasteiger charge is -2.49. The Morgan fingerprint density at radius 3 is 2.10 bits per heavy atom. The number of rotatable bonds is 8. The van der Waals surface area contributed by atoms with Gasteiger partial charge in [-0.1, -0.05) is 72.9 Å². The minimum atomic E-state index is -0.505. The van der Waals surface area contributed by atoms with Crippen LogP contribution in [0.3, 0.4) is 0 Å². The van der Waals surface area contributed by atoms with Gasteiger partial charge in [0.05, 0.1) is 0 Å². The second kappa shape index (κ2) is 12.1. The molecule has 0 saturated heterocycles. The van der Waals surface area contributed by atoms with Crippen molar-refractivity contribution in [2.75, 3.05) is 20.3 Å². The Morgan fingerprint density at radius 2 is 1.52 bits per heavy atom. The van der Waals surface area contributed by atoms with E-state index in [-0.39, 0.29) is 29.0 Å². The first kappa shape index (κ1) is 31.3. The molecule has 224 valence electrons. The van der Waals surface area contributed by atoms with Crippen LogP contribution in [0.5, 0.6) is 5.75 Å². The SMILES string of the molecule is COCCCN1C2=C(C(=O)CC(C)(C)C2)C(c2cc(Br)ccc2OCc2ccc(Cl)cc2Cl)C2=C1CC(C)(C)CC2=O. The molecule has 2 aromatic carbocycles. The lowest BCUT2D eigenvalue weighted by Crippen LogP contribution is -2.45. The minimum absolute atomic E-state index is 0.0962. The monoisotopic (exact) mass is 673 g/mol. The van der Waals surface area contributed by atoms with E-state index in [1.807, 2.05) is 24.3 Å². The molecular formula is C34H38BrCl2NO4. The van der Waals surface area contributed by atoms with E-state index in [0.29, 0.717) is 41.8 Å². The molecule has 0 amide bonds. The van der Waals surface area contributed by atoms with Crippen molar-refractivity contribution >= 4 is 50.7 Å². The van der Waals surface area contributed by atoms with Gasteiger partial charge >= 0.3 is 0 Å². The molecule has 42 heavy (non-hydrogen) atoms. The van der Waals surface area contributed by atoms with Gasteiger partial charge in [0.15, 0.2) is 11.6 Å². The molecule has 0 radical (unpaired) electrons. The van der Waals surface area contributed by atoms with E-state index in [4.69, 9.17) is 32.7 Å². The average Bonchev–Trinajstić information content (AvgIpc) is 2.88. The summed E-state index contributed by atoms with van der Waals surface area (Å²) in [6.45, 7) is 10.1. The Bertz CT molecular complexity index is 1440. The molecule has 0 bridgehead atoms. The van der Waals surface area contributed by atoms with Gasteiger partial charge in [-0.2, -0.15) is 0 Å². The summed E-state index contributed by atoms with van der Waals surface area (Å²) in [5.74, 6) is 0.308. The van der Waals surface area contributed by atoms with E-state index in [1.54, 1.807) is 19.2 Å². The van der Waals surface area contributed by atoms with Crippen molar-refractivity contribution in [3.05, 3.63) is 84.6 Å². The summed E-state index contributed by atoms with van der Waals surface area (Å²) >= 11 is 16.2. The van der Waals surface area contributed by atoms with Crippen LogP contribution in [-0.2, 0) is 20.9 Å². The zero-order valence-corrected chi connectivity index (χ0v) is 28.0. The first-order valence-electron chi connectivity index (χ1n) is 14.5. The van der Waals surface area contributed by atoms with E-state index >= 15 is 0 Å². The predicted octanol–water partition coefficient (Wildman–Crippen LogP) is 9.06. The maximum Gasteiger partial charge on any atom is 0.162 e. The number of halogens is 3. The van der Waals surface area contributed by atoms with E-state index in [0.717, 1.165) is 57.4 Å². The topological polar surface area (TPSA) is 55.8 Å². The molecule has 1 aliphatic heterocycles. The highest BCUT2D eigenvalue weighted by Crippen LogP contribution is 2.55. The van der Waals surface area contributed by atoms with Crippen molar-refractivity contribution in [3.8, 4) is 5.75 Å². The first-order chi connectivity index (χ1) is 19.8. The van der Waals surface area contributed by atoms with Gasteiger partial charge in [0.2, 0.25) is 0 Å². The number of benzene rings is 2. The van der Waals surface area contributed by atoms with Crippen molar-refractivity contribution in [2.45, 2.75) is 72.3 Å². The fourth-order valence-electron chi connectivity index (χ4n) is 6.67. The van der Waals surface area contributed by atoms with Gasteiger partial charge in [0.25, 0.3) is 0 Å². The number of methoxy groups -OCH3 is 1. The summed E-state index contributed by atoms with van der Waals surface area (Å²) in [5.41, 5.74) is 4.77. The number of allylic oxidation sites excluding steroid dienone is 4. The molecule has 0 spiro atoms. The zero-order chi connectivity index (χ0) is 30.4. The third-order valence-electron chi connectivity index (χ3n) is 8.43. The Kier molecular flexibility index (Phi) is 9.03. The molecule has 1 heterocycles. The normalized spacial score (nSPS) is 20.1. The van der Waals surface area contributed by atoms with E-state index in [9.17, 15) is 9.59 Å². The average molecular weight is 675 g/mol. The van der Waals surface area contributed by atoms with Crippen LogP contribution in [0.1, 0.15) is 76.8 Å². The van der Waals surface area contributed by atoms with Crippen molar-refractivity contribution in [1.82, 2.24) is 4.90 Å². The number of Topliss-reactive ketones (excluding diaryl/α,β-unsaturated/α-hetero) is 2. The number of carbonyl (C=O) groups excluding carboxylic acids is 2. The molecule has 0 saturated carbocycles. The predicted molar refractivity (Wildman–Crippen MR) is 171 cm³/mol. The summed E-state index contributed by atoms with van der Waals surface area (Å²) in [6.07, 6.45) is 3.17. The molecule has 0 aromatic heterocycles. The number of carbonyl (C=O) groups is 2. The number of hydrogen-bond acceptors (Lipinski definition) is 5. The summed E-state index contributed by atoms with van der Waals surface area (Å²) < 4.78 is 12.7. The third kappa shape index (κ3) is 6.38. The molecule has 8 heteroatoms. The summed E-state index contributed by atoms with van der Waals surface area (Å²) in [7, 11) is 1.70. The Labute approximate surface area is 267 Å². The van der Waals surface area contributed by atoms with Gasteiger partial charge in [0, 0.05) is 87.2 Å². The fraction of sp³-hybridized carbons (Fsp3) is 0.471. The quantitative estimate of drug-likeness (QED) is 0.262. The number of ether oxygens (including phenoxy) is 2. The van der Waals surface area contributed by atoms with Gasteiger partial charge in [-0.3, -0.25) is 9.59 Å². The molecule has 0 fully saturated rings. The Balaban J connectivity index is 1.68. The lowest BCUT2D eigenvalue weighted by molar-refractivity contribution is -0.119.